The van der Waals surface area contributed by atoms with E-state index in [1.807, 2.05) is 6.92 Å². The van der Waals surface area contributed by atoms with Crippen LogP contribution in [0.15, 0.2) is 46.4 Å². The zero-order valence-electron chi connectivity index (χ0n) is 17.4. The van der Waals surface area contributed by atoms with E-state index in [1.54, 1.807) is 24.3 Å². The Morgan fingerprint density at radius 2 is 1.84 bits per heavy atom. The average Bonchev–Trinajstić information content (AvgIpc) is 2.77. The number of methoxy groups -OCH3 is 2. The normalized spacial score (nSPS) is 14.9. The minimum Gasteiger partial charge on any atom is -0.493 e. The zero-order chi connectivity index (χ0) is 23.4. The summed E-state index contributed by atoms with van der Waals surface area (Å²) in [6.45, 7) is 1.51. The Morgan fingerprint density at radius 1 is 1.09 bits per heavy atom. The van der Waals surface area contributed by atoms with Crippen LogP contribution in [0.2, 0.25) is 0 Å². The van der Waals surface area contributed by atoms with E-state index in [2.05, 4.69) is 26.0 Å². The van der Waals surface area contributed by atoms with E-state index in [9.17, 15) is 19.2 Å². The number of anilines is 1. The lowest BCUT2D eigenvalue weighted by Crippen LogP contribution is -2.54. The third kappa shape index (κ3) is 4.80. The molecule has 1 aliphatic rings. The van der Waals surface area contributed by atoms with Crippen molar-refractivity contribution < 1.29 is 33.4 Å². The number of nitrogens with one attached hydrogen (secondary N) is 1. The van der Waals surface area contributed by atoms with Gasteiger partial charge in [0, 0.05) is 4.47 Å². The van der Waals surface area contributed by atoms with E-state index >= 15 is 0 Å². The van der Waals surface area contributed by atoms with Crippen LogP contribution in [0, 0.1) is 6.92 Å². The molecule has 1 aliphatic heterocycles. The number of hydrogen-bond acceptors (Lipinski definition) is 7. The highest BCUT2D eigenvalue weighted by Crippen LogP contribution is 2.30. The third-order valence-electron chi connectivity index (χ3n) is 4.57. The van der Waals surface area contributed by atoms with Crippen molar-refractivity contribution in [1.82, 2.24) is 5.32 Å². The molecule has 1 saturated heterocycles. The first kappa shape index (κ1) is 23.0. The number of ether oxygens (including phenoxy) is 3. The smallest absolute Gasteiger partial charge is 0.343 e. The fraction of sp³-hybridized carbons (Fsp3) is 0.182. The van der Waals surface area contributed by atoms with Crippen LogP contribution >= 0.6 is 15.9 Å². The standard InChI is InChI=1S/C22H19BrN2O7/c1-12-8-14(5-6-16(12)23)25-21(28)15(20(27)24-22(25)29)9-13-4-7-17(18(10-13)30-2)32-11-19(26)31-3/h4-10H,11H2,1-3H3,(H,24,27,29)/b15-9+. The van der Waals surface area contributed by atoms with E-state index in [4.69, 9.17) is 9.47 Å². The number of rotatable bonds is 6. The Kier molecular flexibility index (Phi) is 6.94. The molecule has 9 nitrogen and oxygen atoms in total. The summed E-state index contributed by atoms with van der Waals surface area (Å²) >= 11 is 3.37. The van der Waals surface area contributed by atoms with E-state index < -0.39 is 23.8 Å². The predicted octanol–water partition coefficient (Wildman–Crippen LogP) is 2.98. The maximum atomic E-state index is 13.0. The molecule has 0 aliphatic carbocycles. The second kappa shape index (κ2) is 9.65. The predicted molar refractivity (Wildman–Crippen MR) is 118 cm³/mol. The molecule has 0 saturated carbocycles. The van der Waals surface area contributed by atoms with E-state index in [0.29, 0.717) is 11.3 Å². The Hall–Kier alpha value is -3.66. The van der Waals surface area contributed by atoms with Gasteiger partial charge in [-0.25, -0.2) is 14.5 Å². The van der Waals surface area contributed by atoms with Gasteiger partial charge in [0.25, 0.3) is 11.8 Å². The topological polar surface area (TPSA) is 111 Å². The van der Waals surface area contributed by atoms with Crippen LogP contribution in [-0.2, 0) is 19.1 Å². The fourth-order valence-electron chi connectivity index (χ4n) is 2.92. The lowest BCUT2D eigenvalue weighted by molar-refractivity contribution is -0.143. The molecule has 0 aromatic heterocycles. The van der Waals surface area contributed by atoms with Crippen molar-refractivity contribution in [2.24, 2.45) is 0 Å². The van der Waals surface area contributed by atoms with Crippen molar-refractivity contribution in [3.05, 3.63) is 57.6 Å². The number of barbiturate groups is 1. The monoisotopic (exact) mass is 502 g/mol. The van der Waals surface area contributed by atoms with Crippen LogP contribution in [-0.4, -0.2) is 44.6 Å². The molecule has 0 atom stereocenters. The number of benzene rings is 2. The molecule has 1 fully saturated rings. The number of aryl methyl sites for hydroxylation is 1. The lowest BCUT2D eigenvalue weighted by atomic mass is 10.1. The largest absolute Gasteiger partial charge is 0.493 e. The summed E-state index contributed by atoms with van der Waals surface area (Å²) in [7, 11) is 2.65. The second-order valence-corrected chi connectivity index (χ2v) is 7.52. The number of imide groups is 2. The molecule has 2 aromatic carbocycles. The molecule has 0 radical (unpaired) electrons. The summed E-state index contributed by atoms with van der Waals surface area (Å²) in [5.41, 5.74) is 1.37. The van der Waals surface area contributed by atoms with Crippen LogP contribution in [0.25, 0.3) is 6.08 Å². The first-order valence-electron chi connectivity index (χ1n) is 9.30. The van der Waals surface area contributed by atoms with Gasteiger partial charge in [-0.2, -0.15) is 0 Å². The van der Waals surface area contributed by atoms with Gasteiger partial charge in [-0.05, 0) is 54.5 Å². The van der Waals surface area contributed by atoms with Crippen molar-refractivity contribution in [1.29, 1.82) is 0 Å². The number of amides is 4. The average molecular weight is 503 g/mol. The number of urea groups is 1. The molecule has 0 unspecified atom stereocenters. The minimum atomic E-state index is -0.831. The highest BCUT2D eigenvalue weighted by Gasteiger charge is 2.37. The van der Waals surface area contributed by atoms with Crippen molar-refractivity contribution in [2.75, 3.05) is 25.7 Å². The molecule has 4 amide bonds. The summed E-state index contributed by atoms with van der Waals surface area (Å²) in [6.07, 6.45) is 1.34. The Bertz CT molecular complexity index is 1140. The number of carbonyl (C=O) groups is 4. The quantitative estimate of drug-likeness (QED) is 0.367. The molecule has 1 N–H and O–H groups in total. The highest BCUT2D eigenvalue weighted by molar-refractivity contribution is 9.10. The van der Waals surface area contributed by atoms with Crippen molar-refractivity contribution >= 4 is 51.5 Å². The number of esters is 1. The summed E-state index contributed by atoms with van der Waals surface area (Å²) in [5.74, 6) is -1.57. The summed E-state index contributed by atoms with van der Waals surface area (Å²) in [6, 6.07) is 8.77. The van der Waals surface area contributed by atoms with Crippen molar-refractivity contribution in [2.45, 2.75) is 6.92 Å². The molecule has 2 aromatic rings. The Labute approximate surface area is 192 Å². The van der Waals surface area contributed by atoms with Crippen molar-refractivity contribution in [3.8, 4) is 11.5 Å². The Balaban J connectivity index is 1.93. The maximum absolute atomic E-state index is 13.0. The van der Waals surface area contributed by atoms with Gasteiger partial charge in [-0.3, -0.25) is 14.9 Å². The van der Waals surface area contributed by atoms with Crippen molar-refractivity contribution in [3.63, 3.8) is 0 Å². The Morgan fingerprint density at radius 3 is 2.50 bits per heavy atom. The number of nitrogens with zero attached hydrogens (tertiary/aromatic N) is 1. The SMILES string of the molecule is COC(=O)COc1ccc(/C=C2\C(=O)NC(=O)N(c3ccc(Br)c(C)c3)C2=O)cc1OC. The molecule has 32 heavy (non-hydrogen) atoms. The number of hydrogen-bond donors (Lipinski definition) is 1. The van der Waals surface area contributed by atoms with Gasteiger partial charge in [0.1, 0.15) is 5.57 Å². The molecular formula is C22H19BrN2O7. The summed E-state index contributed by atoms with van der Waals surface area (Å²) in [5, 5.41) is 2.18. The fourth-order valence-corrected chi connectivity index (χ4v) is 3.16. The molecule has 10 heteroatoms. The molecular weight excluding hydrogens is 484 g/mol. The van der Waals surface area contributed by atoms with Crippen LogP contribution in [0.3, 0.4) is 0 Å². The van der Waals surface area contributed by atoms with Gasteiger partial charge in [-0.1, -0.05) is 22.0 Å². The number of carbonyl (C=O) groups excluding carboxylic acids is 4. The van der Waals surface area contributed by atoms with E-state index in [1.165, 1.54) is 32.4 Å². The molecule has 1 heterocycles. The zero-order valence-corrected chi connectivity index (χ0v) is 19.0. The van der Waals surface area contributed by atoms with Gasteiger partial charge in [0.2, 0.25) is 0 Å². The first-order chi connectivity index (χ1) is 15.2. The van der Waals surface area contributed by atoms with Crippen LogP contribution in [0.1, 0.15) is 11.1 Å². The second-order valence-electron chi connectivity index (χ2n) is 6.67. The highest BCUT2D eigenvalue weighted by atomic mass is 79.9. The molecule has 166 valence electrons. The third-order valence-corrected chi connectivity index (χ3v) is 5.46. The maximum Gasteiger partial charge on any atom is 0.343 e. The number of halogens is 1. The summed E-state index contributed by atoms with van der Waals surface area (Å²) < 4.78 is 16.0. The van der Waals surface area contributed by atoms with E-state index in [-0.39, 0.29) is 23.7 Å². The van der Waals surface area contributed by atoms with Crippen LogP contribution in [0.5, 0.6) is 11.5 Å². The van der Waals surface area contributed by atoms with Crippen LogP contribution < -0.4 is 19.7 Å². The first-order valence-corrected chi connectivity index (χ1v) is 10.1. The van der Waals surface area contributed by atoms with Gasteiger partial charge < -0.3 is 14.2 Å². The van der Waals surface area contributed by atoms with Gasteiger partial charge in [-0.15, -0.1) is 0 Å². The van der Waals surface area contributed by atoms with Crippen LogP contribution in [0.4, 0.5) is 10.5 Å². The lowest BCUT2D eigenvalue weighted by Gasteiger charge is -2.26. The van der Waals surface area contributed by atoms with Gasteiger partial charge in [0.05, 0.1) is 19.9 Å². The van der Waals surface area contributed by atoms with Gasteiger partial charge >= 0.3 is 12.0 Å². The van der Waals surface area contributed by atoms with E-state index in [0.717, 1.165) is 14.9 Å². The summed E-state index contributed by atoms with van der Waals surface area (Å²) in [4.78, 5) is 50.0. The molecule has 0 spiro atoms. The molecule has 3 rings (SSSR count). The van der Waals surface area contributed by atoms with Gasteiger partial charge in [0.15, 0.2) is 18.1 Å². The minimum absolute atomic E-state index is 0.226. The molecule has 0 bridgehead atoms.